The fourth-order valence-corrected chi connectivity index (χ4v) is 1.13. The van der Waals surface area contributed by atoms with Crippen LogP contribution in [0.25, 0.3) is 0 Å². The van der Waals surface area contributed by atoms with Crippen molar-refractivity contribution in [1.29, 1.82) is 0 Å². The lowest BCUT2D eigenvalue weighted by molar-refractivity contribution is -0.135. The minimum absolute atomic E-state index is 0.279. The molecular formula is C10H15BrO2. The summed E-state index contributed by atoms with van der Waals surface area (Å²) in [6, 6.07) is 0. The summed E-state index contributed by atoms with van der Waals surface area (Å²) in [6.07, 6.45) is 1.84. The average molecular weight is 247 g/mol. The van der Waals surface area contributed by atoms with Crippen molar-refractivity contribution in [2.24, 2.45) is 0 Å². The number of halogens is 1. The number of alkyl halides is 1. The first-order valence-electron chi connectivity index (χ1n) is 4.01. The molecule has 0 amide bonds. The zero-order valence-corrected chi connectivity index (χ0v) is 10.1. The zero-order chi connectivity index (χ0) is 10.4. The third-order valence-electron chi connectivity index (χ3n) is 1.50. The molecule has 0 aromatic carbocycles. The molecule has 0 aliphatic heterocycles. The molecule has 74 valence electrons. The quantitative estimate of drug-likeness (QED) is 0.332. The van der Waals surface area contributed by atoms with Gasteiger partial charge in [-0.05, 0) is 32.4 Å². The summed E-state index contributed by atoms with van der Waals surface area (Å²) in [4.78, 5) is 11.3. The van der Waals surface area contributed by atoms with E-state index >= 15 is 0 Å². The topological polar surface area (TPSA) is 26.3 Å². The van der Waals surface area contributed by atoms with Gasteiger partial charge in [0.15, 0.2) is 0 Å². The standard InChI is InChI=1S/C10H15BrO2/c1-7(2)5-9(8(3)6-11)10(12)13-4/h5H,6H2,1-4H3/b9-8-. The maximum absolute atomic E-state index is 11.3. The van der Waals surface area contributed by atoms with Crippen LogP contribution in [-0.4, -0.2) is 18.4 Å². The van der Waals surface area contributed by atoms with Crippen LogP contribution in [0.3, 0.4) is 0 Å². The number of ether oxygens (including phenoxy) is 1. The number of hydrogen-bond donors (Lipinski definition) is 0. The molecular weight excluding hydrogens is 232 g/mol. The lowest BCUT2D eigenvalue weighted by atomic mass is 10.1. The number of methoxy groups -OCH3 is 1. The van der Waals surface area contributed by atoms with Gasteiger partial charge in [-0.2, -0.15) is 0 Å². The summed E-state index contributed by atoms with van der Waals surface area (Å²) in [5, 5.41) is 0.682. The molecule has 3 heteroatoms. The van der Waals surface area contributed by atoms with E-state index in [9.17, 15) is 4.79 Å². The number of carbonyl (C=O) groups excluding carboxylic acids is 1. The van der Waals surface area contributed by atoms with E-state index in [4.69, 9.17) is 0 Å². The molecule has 0 rings (SSSR count). The highest BCUT2D eigenvalue weighted by Gasteiger charge is 2.09. The second-order valence-electron chi connectivity index (χ2n) is 3.04. The van der Waals surface area contributed by atoms with E-state index in [0.717, 1.165) is 11.1 Å². The van der Waals surface area contributed by atoms with Crippen LogP contribution >= 0.6 is 15.9 Å². The summed E-state index contributed by atoms with van der Waals surface area (Å²) in [7, 11) is 1.39. The van der Waals surface area contributed by atoms with Crippen LogP contribution in [0.5, 0.6) is 0 Å². The molecule has 0 radical (unpaired) electrons. The van der Waals surface area contributed by atoms with E-state index in [1.165, 1.54) is 7.11 Å². The lowest BCUT2D eigenvalue weighted by Crippen LogP contribution is -2.06. The Morgan fingerprint density at radius 2 is 1.92 bits per heavy atom. The molecule has 0 heterocycles. The second kappa shape index (κ2) is 5.97. The Kier molecular flexibility index (Phi) is 5.71. The number of hydrogen-bond acceptors (Lipinski definition) is 2. The first kappa shape index (κ1) is 12.4. The molecule has 0 N–H and O–H groups in total. The smallest absolute Gasteiger partial charge is 0.337 e. The maximum atomic E-state index is 11.3. The first-order chi connectivity index (χ1) is 6.02. The molecule has 0 fully saturated rings. The largest absolute Gasteiger partial charge is 0.465 e. The summed E-state index contributed by atoms with van der Waals surface area (Å²) >= 11 is 3.31. The molecule has 0 saturated carbocycles. The Morgan fingerprint density at radius 3 is 2.23 bits per heavy atom. The molecule has 0 atom stereocenters. The van der Waals surface area contributed by atoms with E-state index in [1.807, 2.05) is 26.8 Å². The number of rotatable bonds is 3. The van der Waals surface area contributed by atoms with Gasteiger partial charge in [0.25, 0.3) is 0 Å². The van der Waals surface area contributed by atoms with Crippen LogP contribution < -0.4 is 0 Å². The highest BCUT2D eigenvalue weighted by Crippen LogP contribution is 2.12. The van der Waals surface area contributed by atoms with E-state index < -0.39 is 0 Å². The molecule has 0 aromatic heterocycles. The number of esters is 1. The van der Waals surface area contributed by atoms with Crippen LogP contribution in [0.4, 0.5) is 0 Å². The van der Waals surface area contributed by atoms with Gasteiger partial charge in [-0.25, -0.2) is 4.79 Å². The predicted molar refractivity (Wildman–Crippen MR) is 57.9 cm³/mol. The van der Waals surface area contributed by atoms with Crippen LogP contribution in [0.15, 0.2) is 22.8 Å². The van der Waals surface area contributed by atoms with E-state index in [0.29, 0.717) is 10.9 Å². The van der Waals surface area contributed by atoms with Crippen LogP contribution in [-0.2, 0) is 9.53 Å². The molecule has 0 aromatic rings. The van der Waals surface area contributed by atoms with Crippen LogP contribution in [0.2, 0.25) is 0 Å². The monoisotopic (exact) mass is 246 g/mol. The van der Waals surface area contributed by atoms with Crippen molar-refractivity contribution in [1.82, 2.24) is 0 Å². The van der Waals surface area contributed by atoms with Crippen molar-refractivity contribution in [3.63, 3.8) is 0 Å². The third kappa shape index (κ3) is 4.27. The summed E-state index contributed by atoms with van der Waals surface area (Å²) in [5.74, 6) is -0.279. The second-order valence-corrected chi connectivity index (χ2v) is 3.60. The van der Waals surface area contributed by atoms with Gasteiger partial charge in [0.2, 0.25) is 0 Å². The SMILES string of the molecule is COC(=O)/C(C=C(C)C)=C(/C)CBr. The Bertz CT molecular complexity index is 248. The molecule has 13 heavy (non-hydrogen) atoms. The van der Waals surface area contributed by atoms with Crippen molar-refractivity contribution in [3.8, 4) is 0 Å². The van der Waals surface area contributed by atoms with Gasteiger partial charge < -0.3 is 4.74 Å². The van der Waals surface area contributed by atoms with Crippen LogP contribution in [0.1, 0.15) is 20.8 Å². The highest BCUT2D eigenvalue weighted by atomic mass is 79.9. The van der Waals surface area contributed by atoms with Crippen molar-refractivity contribution in [3.05, 3.63) is 22.8 Å². The van der Waals surface area contributed by atoms with Gasteiger partial charge in [0.1, 0.15) is 0 Å². The molecule has 0 spiro atoms. The van der Waals surface area contributed by atoms with Crippen molar-refractivity contribution in [2.45, 2.75) is 20.8 Å². The Balaban J connectivity index is 4.99. The third-order valence-corrected chi connectivity index (χ3v) is 2.34. The van der Waals surface area contributed by atoms with Gasteiger partial charge in [-0.3, -0.25) is 0 Å². The number of carbonyl (C=O) groups is 1. The minimum atomic E-state index is -0.279. The molecule has 0 aliphatic carbocycles. The Labute approximate surface area is 87.8 Å². The van der Waals surface area contributed by atoms with Gasteiger partial charge in [0.05, 0.1) is 12.7 Å². The van der Waals surface area contributed by atoms with E-state index in [2.05, 4.69) is 20.7 Å². The molecule has 0 unspecified atom stereocenters. The van der Waals surface area contributed by atoms with Gasteiger partial charge in [0, 0.05) is 5.33 Å². The highest BCUT2D eigenvalue weighted by molar-refractivity contribution is 9.09. The normalized spacial score (nSPS) is 11.8. The van der Waals surface area contributed by atoms with Gasteiger partial charge in [-0.1, -0.05) is 21.5 Å². The van der Waals surface area contributed by atoms with Crippen molar-refractivity contribution >= 4 is 21.9 Å². The molecule has 0 saturated heterocycles. The zero-order valence-electron chi connectivity index (χ0n) is 8.48. The van der Waals surface area contributed by atoms with Crippen molar-refractivity contribution < 1.29 is 9.53 Å². The predicted octanol–water partition coefficient (Wildman–Crippen LogP) is 2.84. The van der Waals surface area contributed by atoms with Crippen LogP contribution in [0, 0.1) is 0 Å². The molecule has 0 aliphatic rings. The summed E-state index contributed by atoms with van der Waals surface area (Å²) < 4.78 is 4.67. The summed E-state index contributed by atoms with van der Waals surface area (Å²) in [6.45, 7) is 5.80. The van der Waals surface area contributed by atoms with E-state index in [-0.39, 0.29) is 5.97 Å². The van der Waals surface area contributed by atoms with E-state index in [1.54, 1.807) is 0 Å². The Hall–Kier alpha value is -0.570. The fourth-order valence-electron chi connectivity index (χ4n) is 0.827. The summed E-state index contributed by atoms with van der Waals surface area (Å²) in [5.41, 5.74) is 2.70. The molecule has 0 bridgehead atoms. The fraction of sp³-hybridized carbons (Fsp3) is 0.500. The average Bonchev–Trinajstić information content (AvgIpc) is 2.11. The lowest BCUT2D eigenvalue weighted by Gasteiger charge is -2.04. The minimum Gasteiger partial charge on any atom is -0.465 e. The first-order valence-corrected chi connectivity index (χ1v) is 5.14. The van der Waals surface area contributed by atoms with Gasteiger partial charge in [-0.15, -0.1) is 0 Å². The van der Waals surface area contributed by atoms with Gasteiger partial charge >= 0.3 is 5.97 Å². The maximum Gasteiger partial charge on any atom is 0.337 e. The molecule has 2 nitrogen and oxygen atoms in total. The van der Waals surface area contributed by atoms with Crippen molar-refractivity contribution in [2.75, 3.05) is 12.4 Å². The number of allylic oxidation sites excluding steroid dienone is 2. The Morgan fingerprint density at radius 1 is 1.38 bits per heavy atom.